The molecule has 0 amide bonds. The zero-order valence-electron chi connectivity index (χ0n) is 11.5. The summed E-state index contributed by atoms with van der Waals surface area (Å²) in [7, 11) is 1.33. The standard InChI is InChI=1S/C14H26O4/c1-12(14(17)18-2)11-13(16)9-7-5-3-4-6-8-10-15/h11,13,15-16H,3-10H2,1-2H3. The number of hydrogen-bond donors (Lipinski definition) is 2. The predicted molar refractivity (Wildman–Crippen MR) is 71.2 cm³/mol. The second-order valence-corrected chi connectivity index (χ2v) is 4.54. The molecule has 0 heterocycles. The summed E-state index contributed by atoms with van der Waals surface area (Å²) in [4.78, 5) is 11.1. The van der Waals surface area contributed by atoms with Crippen LogP contribution in [-0.2, 0) is 9.53 Å². The van der Waals surface area contributed by atoms with Crippen molar-refractivity contribution in [1.82, 2.24) is 0 Å². The highest BCUT2D eigenvalue weighted by atomic mass is 16.5. The number of rotatable bonds is 10. The number of methoxy groups -OCH3 is 1. The van der Waals surface area contributed by atoms with Gasteiger partial charge in [-0.05, 0) is 25.8 Å². The van der Waals surface area contributed by atoms with E-state index >= 15 is 0 Å². The van der Waals surface area contributed by atoms with Crippen LogP contribution in [0.5, 0.6) is 0 Å². The van der Waals surface area contributed by atoms with E-state index in [1.807, 2.05) is 0 Å². The Hall–Kier alpha value is -0.870. The van der Waals surface area contributed by atoms with Crippen molar-refractivity contribution in [3.63, 3.8) is 0 Å². The van der Waals surface area contributed by atoms with Crippen LogP contribution in [0, 0.1) is 0 Å². The van der Waals surface area contributed by atoms with Gasteiger partial charge in [0.15, 0.2) is 0 Å². The minimum atomic E-state index is -0.568. The number of aliphatic hydroxyl groups is 2. The highest BCUT2D eigenvalue weighted by Crippen LogP contribution is 2.10. The molecule has 106 valence electrons. The normalized spacial score (nSPS) is 13.4. The molecule has 1 unspecified atom stereocenters. The zero-order chi connectivity index (χ0) is 13.8. The van der Waals surface area contributed by atoms with Crippen LogP contribution in [0.4, 0.5) is 0 Å². The number of ether oxygens (including phenoxy) is 1. The first-order valence-corrected chi connectivity index (χ1v) is 6.67. The van der Waals surface area contributed by atoms with E-state index in [1.165, 1.54) is 7.11 Å². The summed E-state index contributed by atoms with van der Waals surface area (Å²) in [5.74, 6) is -0.391. The van der Waals surface area contributed by atoms with E-state index in [2.05, 4.69) is 4.74 Å². The van der Waals surface area contributed by atoms with Crippen molar-refractivity contribution in [2.75, 3.05) is 13.7 Å². The first-order valence-electron chi connectivity index (χ1n) is 6.67. The van der Waals surface area contributed by atoms with Crippen LogP contribution < -0.4 is 0 Å². The summed E-state index contributed by atoms with van der Waals surface area (Å²) < 4.78 is 4.55. The SMILES string of the molecule is COC(=O)C(C)=CC(O)CCCCCCCCO. The van der Waals surface area contributed by atoms with E-state index in [1.54, 1.807) is 13.0 Å². The maximum Gasteiger partial charge on any atom is 0.333 e. The Kier molecular flexibility index (Phi) is 10.7. The second-order valence-electron chi connectivity index (χ2n) is 4.54. The number of esters is 1. The third-order valence-corrected chi connectivity index (χ3v) is 2.86. The Balaban J connectivity index is 3.59. The molecule has 0 aliphatic heterocycles. The molecule has 0 saturated carbocycles. The van der Waals surface area contributed by atoms with Gasteiger partial charge in [-0.1, -0.05) is 32.1 Å². The van der Waals surface area contributed by atoms with Gasteiger partial charge < -0.3 is 14.9 Å². The van der Waals surface area contributed by atoms with Crippen LogP contribution in [0.15, 0.2) is 11.6 Å². The summed E-state index contributed by atoms with van der Waals surface area (Å²) in [5, 5.41) is 18.3. The van der Waals surface area contributed by atoms with Gasteiger partial charge in [0.1, 0.15) is 0 Å². The van der Waals surface area contributed by atoms with Gasteiger partial charge in [-0.3, -0.25) is 0 Å². The van der Waals surface area contributed by atoms with Gasteiger partial charge in [0.05, 0.1) is 13.2 Å². The molecule has 18 heavy (non-hydrogen) atoms. The predicted octanol–water partition coefficient (Wildman–Crippen LogP) is 2.19. The van der Waals surface area contributed by atoms with Crippen LogP contribution in [0.1, 0.15) is 51.9 Å². The fourth-order valence-corrected chi connectivity index (χ4v) is 1.77. The summed E-state index contributed by atoms with van der Waals surface area (Å²) in [5.41, 5.74) is 0.452. The van der Waals surface area contributed by atoms with E-state index in [-0.39, 0.29) is 6.61 Å². The molecule has 0 saturated heterocycles. The molecular formula is C14H26O4. The number of carbonyl (C=O) groups is 1. The van der Waals surface area contributed by atoms with Crippen LogP contribution in [0.2, 0.25) is 0 Å². The summed E-state index contributed by atoms with van der Waals surface area (Å²) in [6.45, 7) is 1.92. The molecule has 0 bridgehead atoms. The van der Waals surface area contributed by atoms with E-state index in [9.17, 15) is 9.90 Å². The lowest BCUT2D eigenvalue weighted by molar-refractivity contribution is -0.136. The smallest absolute Gasteiger partial charge is 0.333 e. The minimum absolute atomic E-state index is 0.274. The topological polar surface area (TPSA) is 66.8 Å². The van der Waals surface area contributed by atoms with Gasteiger partial charge in [-0.2, -0.15) is 0 Å². The van der Waals surface area contributed by atoms with Crippen molar-refractivity contribution < 1.29 is 19.7 Å². The summed E-state index contributed by atoms with van der Waals surface area (Å²) >= 11 is 0. The first kappa shape index (κ1) is 17.1. The Labute approximate surface area is 110 Å². The Morgan fingerprint density at radius 2 is 1.72 bits per heavy atom. The third kappa shape index (κ3) is 9.19. The van der Waals surface area contributed by atoms with Gasteiger partial charge >= 0.3 is 5.97 Å². The highest BCUT2D eigenvalue weighted by molar-refractivity contribution is 5.87. The van der Waals surface area contributed by atoms with E-state index < -0.39 is 12.1 Å². The molecule has 0 fully saturated rings. The van der Waals surface area contributed by atoms with E-state index in [4.69, 9.17) is 5.11 Å². The van der Waals surface area contributed by atoms with E-state index in [0.29, 0.717) is 12.0 Å². The first-order chi connectivity index (χ1) is 8.61. The van der Waals surface area contributed by atoms with Gasteiger partial charge in [-0.25, -0.2) is 4.79 Å². The molecule has 0 aliphatic rings. The van der Waals surface area contributed by atoms with Crippen molar-refractivity contribution in [3.8, 4) is 0 Å². The lowest BCUT2D eigenvalue weighted by atomic mass is 10.1. The third-order valence-electron chi connectivity index (χ3n) is 2.86. The number of aliphatic hydroxyl groups excluding tert-OH is 2. The molecule has 2 N–H and O–H groups in total. The van der Waals surface area contributed by atoms with Crippen molar-refractivity contribution in [2.24, 2.45) is 0 Å². The number of unbranched alkanes of at least 4 members (excludes halogenated alkanes) is 5. The molecule has 0 aromatic carbocycles. The van der Waals surface area contributed by atoms with Gasteiger partial charge in [-0.15, -0.1) is 0 Å². The maximum absolute atomic E-state index is 11.1. The fraction of sp³-hybridized carbons (Fsp3) is 0.786. The van der Waals surface area contributed by atoms with Crippen molar-refractivity contribution in [1.29, 1.82) is 0 Å². The molecule has 0 aromatic heterocycles. The summed E-state index contributed by atoms with van der Waals surface area (Å²) in [6, 6.07) is 0. The zero-order valence-corrected chi connectivity index (χ0v) is 11.5. The van der Waals surface area contributed by atoms with Crippen LogP contribution in [0.3, 0.4) is 0 Å². The Morgan fingerprint density at radius 3 is 2.28 bits per heavy atom. The maximum atomic E-state index is 11.1. The van der Waals surface area contributed by atoms with E-state index in [0.717, 1.165) is 38.5 Å². The second kappa shape index (κ2) is 11.2. The van der Waals surface area contributed by atoms with Gasteiger partial charge in [0.2, 0.25) is 0 Å². The van der Waals surface area contributed by atoms with Crippen molar-refractivity contribution in [2.45, 2.75) is 58.0 Å². The fourth-order valence-electron chi connectivity index (χ4n) is 1.77. The van der Waals surface area contributed by atoms with Crippen molar-refractivity contribution >= 4 is 5.97 Å². The highest BCUT2D eigenvalue weighted by Gasteiger charge is 2.06. The van der Waals surface area contributed by atoms with Gasteiger partial charge in [0.25, 0.3) is 0 Å². The molecule has 0 radical (unpaired) electrons. The molecule has 4 heteroatoms. The van der Waals surface area contributed by atoms with Crippen LogP contribution in [-0.4, -0.2) is 36.0 Å². The molecule has 0 spiro atoms. The molecule has 0 aliphatic carbocycles. The lowest BCUT2D eigenvalue weighted by Crippen LogP contribution is -2.08. The van der Waals surface area contributed by atoms with Gasteiger partial charge in [0, 0.05) is 12.2 Å². The minimum Gasteiger partial charge on any atom is -0.466 e. The summed E-state index contributed by atoms with van der Waals surface area (Å²) in [6.07, 6.45) is 7.90. The average Bonchev–Trinajstić information content (AvgIpc) is 2.36. The molecule has 0 aromatic rings. The molecule has 4 nitrogen and oxygen atoms in total. The van der Waals surface area contributed by atoms with Crippen LogP contribution >= 0.6 is 0 Å². The molecular weight excluding hydrogens is 232 g/mol. The molecule has 1 atom stereocenters. The lowest BCUT2D eigenvalue weighted by Gasteiger charge is -2.07. The number of carbonyl (C=O) groups excluding carboxylic acids is 1. The quantitative estimate of drug-likeness (QED) is 0.358. The monoisotopic (exact) mass is 258 g/mol. The molecule has 0 rings (SSSR count). The largest absolute Gasteiger partial charge is 0.466 e. The Bertz CT molecular complexity index is 248. The average molecular weight is 258 g/mol. The van der Waals surface area contributed by atoms with Crippen LogP contribution in [0.25, 0.3) is 0 Å². The van der Waals surface area contributed by atoms with Crippen molar-refractivity contribution in [3.05, 3.63) is 11.6 Å². The number of hydrogen-bond acceptors (Lipinski definition) is 4. The Morgan fingerprint density at radius 1 is 1.17 bits per heavy atom.